The van der Waals surface area contributed by atoms with Gasteiger partial charge in [0.25, 0.3) is 5.69 Å². The van der Waals surface area contributed by atoms with Crippen molar-refractivity contribution in [3.8, 4) is 0 Å². The van der Waals surface area contributed by atoms with E-state index in [-0.39, 0.29) is 16.5 Å². The van der Waals surface area contributed by atoms with E-state index in [0.29, 0.717) is 41.9 Å². The van der Waals surface area contributed by atoms with Gasteiger partial charge in [-0.3, -0.25) is 14.9 Å². The summed E-state index contributed by atoms with van der Waals surface area (Å²) >= 11 is 1.71. The summed E-state index contributed by atoms with van der Waals surface area (Å²) in [5.41, 5.74) is 3.79. The molecule has 3 aliphatic rings. The lowest BCUT2D eigenvalue weighted by molar-refractivity contribution is -0.385. The van der Waals surface area contributed by atoms with Gasteiger partial charge < -0.3 is 15.1 Å². The van der Waals surface area contributed by atoms with Crippen LogP contribution in [0.3, 0.4) is 0 Å². The zero-order valence-electron chi connectivity index (χ0n) is 27.0. The molecule has 3 N–H and O–H groups in total. The minimum Gasteiger partial charge on any atom is -0.384 e. The number of likely N-dealkylation sites (tertiary alicyclic amines) is 1. The Kier molecular flexibility index (Phi) is 10.7. The second kappa shape index (κ2) is 15.3. The largest absolute Gasteiger partial charge is 0.384 e. The van der Waals surface area contributed by atoms with Gasteiger partial charge in [-0.25, -0.2) is 13.6 Å². The number of carbonyl (C=O) groups is 1. The molecule has 6 rings (SSSR count). The lowest BCUT2D eigenvalue weighted by Gasteiger charge is -2.40. The molecule has 3 aromatic carbocycles. The predicted molar refractivity (Wildman–Crippen MR) is 196 cm³/mol. The number of hydrogen-bond acceptors (Lipinski definition) is 8. The van der Waals surface area contributed by atoms with Crippen molar-refractivity contribution in [3.63, 3.8) is 0 Å². The second-order valence-corrected chi connectivity index (χ2v) is 14.8. The number of nitro groups is 1. The van der Waals surface area contributed by atoms with E-state index in [9.17, 15) is 23.3 Å². The Balaban J connectivity index is 1.35. The summed E-state index contributed by atoms with van der Waals surface area (Å²) < 4.78 is 26.0. The third-order valence-corrected chi connectivity index (χ3v) is 10.9. The summed E-state index contributed by atoms with van der Waals surface area (Å²) in [6.45, 7) is 2.16. The highest BCUT2D eigenvalue weighted by Crippen LogP contribution is 2.44. The summed E-state index contributed by atoms with van der Waals surface area (Å²) in [5.74, 6) is 0.889. The molecule has 2 heterocycles. The molecule has 0 spiro atoms. The maximum Gasteiger partial charge on any atom is 0.276 e. The highest BCUT2D eigenvalue weighted by molar-refractivity contribution is 7.99. The van der Waals surface area contributed by atoms with Crippen LogP contribution in [0.5, 0.6) is 0 Å². The molecule has 1 saturated heterocycles. The number of nitrogens with two attached hydrogens (primary N) is 1. The van der Waals surface area contributed by atoms with Gasteiger partial charge in [-0.2, -0.15) is 0 Å². The molecular weight excluding hydrogens is 659 g/mol. The molecule has 2 aliphatic heterocycles. The molecular formula is C37H39N5O5S2. The number of thioether (sulfide) groups is 1. The van der Waals surface area contributed by atoms with Crippen LogP contribution in [-0.2, 0) is 14.8 Å². The molecule has 0 aromatic heterocycles. The fraction of sp³-hybridized carbons (Fsp3) is 0.270. The van der Waals surface area contributed by atoms with E-state index in [0.717, 1.165) is 54.1 Å². The Morgan fingerprint density at radius 2 is 1.71 bits per heavy atom. The van der Waals surface area contributed by atoms with Gasteiger partial charge in [0.15, 0.2) is 0 Å². The zero-order chi connectivity index (χ0) is 34.4. The van der Waals surface area contributed by atoms with E-state index in [1.807, 2.05) is 52.3 Å². The van der Waals surface area contributed by atoms with Gasteiger partial charge in [-0.1, -0.05) is 48.6 Å². The summed E-state index contributed by atoms with van der Waals surface area (Å²) in [6, 6.07) is 20.9. The van der Waals surface area contributed by atoms with Crippen LogP contribution in [0.1, 0.15) is 37.7 Å². The van der Waals surface area contributed by atoms with E-state index in [2.05, 4.69) is 17.4 Å². The average Bonchev–Trinajstić information content (AvgIpc) is 3.12. The quantitative estimate of drug-likeness (QED) is 0.0903. The second-order valence-electron chi connectivity index (χ2n) is 12.1. The minimum absolute atomic E-state index is 0.0577. The number of para-hydroxylation sites is 1. The number of amides is 1. The maximum absolute atomic E-state index is 13.1. The third kappa shape index (κ3) is 7.98. The van der Waals surface area contributed by atoms with E-state index in [1.165, 1.54) is 12.1 Å². The number of nitrogens with zero attached hydrogens (tertiary/aromatic N) is 3. The number of piperidine rings is 1. The van der Waals surface area contributed by atoms with Gasteiger partial charge >= 0.3 is 0 Å². The molecule has 12 heteroatoms. The highest BCUT2D eigenvalue weighted by Gasteiger charge is 2.36. The Labute approximate surface area is 291 Å². The highest BCUT2D eigenvalue weighted by atomic mass is 32.2. The van der Waals surface area contributed by atoms with E-state index >= 15 is 0 Å². The standard InChI is InChI=1S/C37H39N5O5S2/c38-49(46,47)35-19-17-28(39-21-25-48-29-10-3-1-4-11-29)26-34(35)41-24-9-13-30-27(16-20-36(43)40-22-7-2-8-23-40)15-18-32(37(30)41)31-12-5-6-14-33(31)42(44)45/h1,3-6,9-15,17-19,24,26,37,39H,2,7-8,16,20-23,25H2,(H2,38,46,47). The first-order chi connectivity index (χ1) is 23.7. The Hall–Kier alpha value is -4.65. The fourth-order valence-electron chi connectivity index (χ4n) is 6.60. The Morgan fingerprint density at radius 1 is 0.959 bits per heavy atom. The number of benzene rings is 3. The van der Waals surface area contributed by atoms with Gasteiger partial charge in [-0.15, -0.1) is 11.8 Å². The van der Waals surface area contributed by atoms with Crippen LogP contribution in [-0.4, -0.2) is 55.6 Å². The van der Waals surface area contributed by atoms with Crippen molar-refractivity contribution < 1.29 is 18.1 Å². The SMILES string of the molecule is NS(=O)(=O)c1ccc(NCCSc2ccccc2)cc1N1C=CC=C2C(CCC(=O)N3CCCCC3)=CC=C(c3ccccc3[N+](=O)[O-])C21. The summed E-state index contributed by atoms with van der Waals surface area (Å²) in [5, 5.41) is 21.4. The van der Waals surface area contributed by atoms with Gasteiger partial charge in [0.1, 0.15) is 4.90 Å². The number of anilines is 2. The normalized spacial score (nSPS) is 17.5. The average molecular weight is 698 g/mol. The summed E-state index contributed by atoms with van der Waals surface area (Å²) in [7, 11) is -4.17. The maximum atomic E-state index is 13.1. The van der Waals surface area contributed by atoms with E-state index in [1.54, 1.807) is 48.3 Å². The summed E-state index contributed by atoms with van der Waals surface area (Å²) in [6.07, 6.45) is 13.3. The van der Waals surface area contributed by atoms with Gasteiger partial charge in [0.05, 0.1) is 22.2 Å². The number of carbonyl (C=O) groups excluding carboxylic acids is 1. The van der Waals surface area contributed by atoms with Crippen molar-refractivity contribution in [1.82, 2.24) is 4.90 Å². The van der Waals surface area contributed by atoms with E-state index in [4.69, 9.17) is 5.14 Å². The smallest absolute Gasteiger partial charge is 0.276 e. The molecule has 0 bridgehead atoms. The first-order valence-corrected chi connectivity index (χ1v) is 18.9. The van der Waals surface area contributed by atoms with Crippen LogP contribution < -0.4 is 15.4 Å². The molecule has 1 unspecified atom stereocenters. The van der Waals surface area contributed by atoms with Crippen LogP contribution in [0.15, 0.2) is 124 Å². The van der Waals surface area contributed by atoms with Crippen molar-refractivity contribution in [3.05, 3.63) is 130 Å². The molecule has 10 nitrogen and oxygen atoms in total. The number of rotatable bonds is 12. The number of hydrogen-bond donors (Lipinski definition) is 2. The number of primary sulfonamides is 1. The van der Waals surface area contributed by atoms with Gasteiger partial charge in [-0.05, 0) is 84.9 Å². The molecule has 1 atom stereocenters. The first kappa shape index (κ1) is 34.2. The number of fused-ring (bicyclic) bond motifs is 1. The van der Waals surface area contributed by atoms with Crippen molar-refractivity contribution >= 4 is 50.3 Å². The van der Waals surface area contributed by atoms with Crippen molar-refractivity contribution in [2.24, 2.45) is 5.14 Å². The number of nitrogens with one attached hydrogen (secondary N) is 1. The molecule has 0 saturated carbocycles. The number of allylic oxidation sites excluding steroid dienone is 4. The van der Waals surface area contributed by atoms with E-state index < -0.39 is 21.0 Å². The number of sulfonamides is 1. The van der Waals surface area contributed by atoms with Gasteiger partial charge in [0.2, 0.25) is 15.9 Å². The molecule has 49 heavy (non-hydrogen) atoms. The zero-order valence-corrected chi connectivity index (χ0v) is 28.7. The van der Waals surface area contributed by atoms with Crippen molar-refractivity contribution in [1.29, 1.82) is 0 Å². The van der Waals surface area contributed by atoms with Crippen molar-refractivity contribution in [2.75, 3.05) is 35.6 Å². The molecule has 1 amide bonds. The van der Waals surface area contributed by atoms with Crippen LogP contribution >= 0.6 is 11.8 Å². The van der Waals surface area contributed by atoms with Gasteiger partial charge in [0, 0.05) is 54.7 Å². The minimum atomic E-state index is -4.17. The monoisotopic (exact) mass is 697 g/mol. The lowest BCUT2D eigenvalue weighted by atomic mass is 9.80. The number of nitro benzene ring substituents is 1. The Morgan fingerprint density at radius 3 is 2.47 bits per heavy atom. The topological polar surface area (TPSA) is 139 Å². The van der Waals surface area contributed by atoms with Crippen LogP contribution in [0.25, 0.3) is 5.57 Å². The third-order valence-electron chi connectivity index (χ3n) is 8.94. The van der Waals surface area contributed by atoms with Crippen LogP contribution in [0.2, 0.25) is 0 Å². The fourth-order valence-corrected chi connectivity index (χ4v) is 8.10. The van der Waals surface area contributed by atoms with Crippen LogP contribution in [0.4, 0.5) is 17.1 Å². The lowest BCUT2D eigenvalue weighted by Crippen LogP contribution is -2.39. The molecule has 0 radical (unpaired) electrons. The van der Waals surface area contributed by atoms with Crippen molar-refractivity contribution in [2.45, 2.75) is 47.9 Å². The molecule has 254 valence electrons. The molecule has 3 aromatic rings. The summed E-state index contributed by atoms with van der Waals surface area (Å²) in [4.78, 5) is 29.8. The van der Waals surface area contributed by atoms with Crippen LogP contribution in [0, 0.1) is 10.1 Å². The molecule has 1 aliphatic carbocycles. The first-order valence-electron chi connectivity index (χ1n) is 16.4. The Bertz CT molecular complexity index is 1950. The molecule has 1 fully saturated rings. The predicted octanol–water partition coefficient (Wildman–Crippen LogP) is 6.89.